The predicted octanol–water partition coefficient (Wildman–Crippen LogP) is 0.855. The highest BCUT2D eigenvalue weighted by Crippen LogP contribution is 2.15. The molecule has 0 saturated carbocycles. The molecule has 0 bridgehead atoms. The number of nitrogens with one attached hydrogen (secondary N) is 1. The quantitative estimate of drug-likeness (QED) is 0.620. The lowest BCUT2D eigenvalue weighted by Gasteiger charge is -2.08. The summed E-state index contributed by atoms with van der Waals surface area (Å²) in [6, 6.07) is 5.88. The minimum atomic E-state index is -3.70. The van der Waals surface area contributed by atoms with E-state index in [1.165, 1.54) is 24.3 Å². The third-order valence-corrected chi connectivity index (χ3v) is 3.94. The average Bonchev–Trinajstić information content (AvgIpc) is 2.43. The van der Waals surface area contributed by atoms with Crippen LogP contribution >= 0.6 is 0 Å². The summed E-state index contributed by atoms with van der Waals surface area (Å²) in [6.07, 6.45) is -0.266. The Balaban J connectivity index is 2.53. The maximum absolute atomic E-state index is 11.9. The molecule has 0 atom stereocenters. The average molecular weight is 317 g/mol. The third-order valence-electron chi connectivity index (χ3n) is 2.47. The molecule has 0 aliphatic carbocycles. The van der Waals surface area contributed by atoms with Crippen molar-refractivity contribution in [2.45, 2.75) is 18.2 Å². The Morgan fingerprint density at radius 1 is 1.24 bits per heavy atom. The fourth-order valence-electron chi connectivity index (χ4n) is 1.45. The van der Waals surface area contributed by atoms with Crippen LogP contribution in [0.1, 0.15) is 13.3 Å². The van der Waals surface area contributed by atoms with Crippen LogP contribution in [-0.2, 0) is 19.6 Å². The van der Waals surface area contributed by atoms with E-state index in [-0.39, 0.29) is 17.9 Å². The standard InChI is InChI=1S/C13H19NO6S/c1-2-19-9-10-20-11-3-5-12(6-4-11)21(17,18)14-8-7-13(15)16/h3-6,14H,2,7-10H2,1H3,(H,15,16). The maximum atomic E-state index is 11.9. The zero-order valence-corrected chi connectivity index (χ0v) is 12.6. The van der Waals surface area contributed by atoms with Crippen LogP contribution in [0.25, 0.3) is 0 Å². The number of carboxylic acids is 1. The molecule has 0 amide bonds. The smallest absolute Gasteiger partial charge is 0.304 e. The Hall–Kier alpha value is -1.64. The molecule has 118 valence electrons. The summed E-state index contributed by atoms with van der Waals surface area (Å²) in [4.78, 5) is 10.4. The van der Waals surface area contributed by atoms with Crippen molar-refractivity contribution in [3.05, 3.63) is 24.3 Å². The molecule has 2 N–H and O–H groups in total. The highest BCUT2D eigenvalue weighted by molar-refractivity contribution is 7.89. The van der Waals surface area contributed by atoms with Gasteiger partial charge in [0.2, 0.25) is 10.0 Å². The molecular weight excluding hydrogens is 298 g/mol. The number of hydrogen-bond donors (Lipinski definition) is 2. The SMILES string of the molecule is CCOCCOc1ccc(S(=O)(=O)NCCC(=O)O)cc1. The second-order valence-corrected chi connectivity index (χ2v) is 5.83. The first kappa shape index (κ1) is 17.4. The second kappa shape index (κ2) is 8.60. The molecule has 1 aromatic rings. The summed E-state index contributed by atoms with van der Waals surface area (Å²) in [5.74, 6) is -0.519. The van der Waals surface area contributed by atoms with E-state index in [2.05, 4.69) is 4.72 Å². The Labute approximate surface area is 123 Å². The molecule has 0 saturated heterocycles. The van der Waals surface area contributed by atoms with Gasteiger partial charge in [-0.25, -0.2) is 13.1 Å². The van der Waals surface area contributed by atoms with Crippen LogP contribution in [0.5, 0.6) is 5.75 Å². The number of aliphatic carboxylic acids is 1. The lowest BCUT2D eigenvalue weighted by Crippen LogP contribution is -2.26. The molecule has 0 radical (unpaired) electrons. The van der Waals surface area contributed by atoms with Crippen LogP contribution in [0, 0.1) is 0 Å². The van der Waals surface area contributed by atoms with Crippen LogP contribution in [0.4, 0.5) is 0 Å². The van der Waals surface area contributed by atoms with Gasteiger partial charge in [0.05, 0.1) is 17.9 Å². The first-order valence-electron chi connectivity index (χ1n) is 6.48. The minimum absolute atomic E-state index is 0.0602. The van der Waals surface area contributed by atoms with Crippen molar-refractivity contribution in [2.24, 2.45) is 0 Å². The third kappa shape index (κ3) is 6.56. The summed E-state index contributed by atoms with van der Waals surface area (Å²) in [7, 11) is -3.70. The number of ether oxygens (including phenoxy) is 2. The number of sulfonamides is 1. The molecule has 7 nitrogen and oxygen atoms in total. The summed E-state index contributed by atoms with van der Waals surface area (Å²) in [6.45, 7) is 3.20. The minimum Gasteiger partial charge on any atom is -0.491 e. The molecule has 0 unspecified atom stereocenters. The van der Waals surface area contributed by atoms with Crippen LogP contribution in [-0.4, -0.2) is 45.9 Å². The van der Waals surface area contributed by atoms with Crippen LogP contribution in [0.2, 0.25) is 0 Å². The van der Waals surface area contributed by atoms with E-state index in [1.54, 1.807) is 0 Å². The Morgan fingerprint density at radius 3 is 2.48 bits per heavy atom. The Bertz CT molecular complexity index is 540. The lowest BCUT2D eigenvalue weighted by atomic mass is 10.3. The summed E-state index contributed by atoms with van der Waals surface area (Å²) in [5, 5.41) is 8.48. The van der Waals surface area contributed by atoms with Crippen LogP contribution in [0.15, 0.2) is 29.2 Å². The van der Waals surface area contributed by atoms with Crippen LogP contribution in [0.3, 0.4) is 0 Å². The molecule has 0 spiro atoms. The van der Waals surface area contributed by atoms with Gasteiger partial charge in [0, 0.05) is 13.2 Å². The number of carboxylic acid groups (broad SMARTS) is 1. The van der Waals surface area contributed by atoms with Gasteiger partial charge in [-0.05, 0) is 31.2 Å². The predicted molar refractivity (Wildman–Crippen MR) is 75.9 cm³/mol. The molecule has 21 heavy (non-hydrogen) atoms. The number of benzene rings is 1. The van der Waals surface area contributed by atoms with Gasteiger partial charge in [0.15, 0.2) is 0 Å². The zero-order chi connectivity index (χ0) is 15.7. The molecule has 8 heteroatoms. The van der Waals surface area contributed by atoms with Crippen molar-refractivity contribution in [3.8, 4) is 5.75 Å². The maximum Gasteiger partial charge on any atom is 0.304 e. The highest BCUT2D eigenvalue weighted by Gasteiger charge is 2.13. The molecule has 0 aliphatic rings. The van der Waals surface area contributed by atoms with Gasteiger partial charge in [-0.3, -0.25) is 4.79 Å². The molecule has 0 heterocycles. The molecule has 0 aliphatic heterocycles. The summed E-state index contributed by atoms with van der Waals surface area (Å²) in [5.41, 5.74) is 0. The number of hydrogen-bond acceptors (Lipinski definition) is 5. The van der Waals surface area contributed by atoms with Crippen molar-refractivity contribution < 1.29 is 27.8 Å². The second-order valence-electron chi connectivity index (χ2n) is 4.06. The van der Waals surface area contributed by atoms with E-state index in [1.807, 2.05) is 6.92 Å². The normalized spacial score (nSPS) is 11.3. The topological polar surface area (TPSA) is 102 Å². The zero-order valence-electron chi connectivity index (χ0n) is 11.7. The number of rotatable bonds is 10. The summed E-state index contributed by atoms with van der Waals surface area (Å²) < 4.78 is 36.4. The molecule has 1 rings (SSSR count). The molecular formula is C13H19NO6S. The van der Waals surface area contributed by atoms with Crippen molar-refractivity contribution >= 4 is 16.0 Å². The van der Waals surface area contributed by atoms with E-state index < -0.39 is 16.0 Å². The van der Waals surface area contributed by atoms with E-state index in [4.69, 9.17) is 14.6 Å². The molecule has 0 fully saturated rings. The van der Waals surface area contributed by atoms with Gasteiger partial charge >= 0.3 is 5.97 Å². The Morgan fingerprint density at radius 2 is 1.90 bits per heavy atom. The number of carbonyl (C=O) groups is 1. The summed E-state index contributed by atoms with van der Waals surface area (Å²) >= 11 is 0. The van der Waals surface area contributed by atoms with Gasteiger partial charge in [-0.15, -0.1) is 0 Å². The molecule has 1 aromatic carbocycles. The monoisotopic (exact) mass is 317 g/mol. The first-order valence-corrected chi connectivity index (χ1v) is 7.96. The first-order chi connectivity index (χ1) is 9.95. The van der Waals surface area contributed by atoms with E-state index in [0.717, 1.165) is 0 Å². The van der Waals surface area contributed by atoms with E-state index in [0.29, 0.717) is 25.6 Å². The van der Waals surface area contributed by atoms with Gasteiger partial charge in [0.1, 0.15) is 12.4 Å². The fraction of sp³-hybridized carbons (Fsp3) is 0.462. The van der Waals surface area contributed by atoms with Crippen molar-refractivity contribution in [2.75, 3.05) is 26.4 Å². The van der Waals surface area contributed by atoms with Crippen LogP contribution < -0.4 is 9.46 Å². The van der Waals surface area contributed by atoms with Gasteiger partial charge in [0.25, 0.3) is 0 Å². The van der Waals surface area contributed by atoms with Gasteiger partial charge in [-0.1, -0.05) is 0 Å². The van der Waals surface area contributed by atoms with Crippen molar-refractivity contribution in [1.29, 1.82) is 0 Å². The molecule has 0 aromatic heterocycles. The lowest BCUT2D eigenvalue weighted by molar-refractivity contribution is -0.136. The highest BCUT2D eigenvalue weighted by atomic mass is 32.2. The van der Waals surface area contributed by atoms with Crippen molar-refractivity contribution in [3.63, 3.8) is 0 Å². The fourth-order valence-corrected chi connectivity index (χ4v) is 2.49. The van der Waals surface area contributed by atoms with E-state index >= 15 is 0 Å². The van der Waals surface area contributed by atoms with Gasteiger partial charge < -0.3 is 14.6 Å². The van der Waals surface area contributed by atoms with Crippen molar-refractivity contribution in [1.82, 2.24) is 4.72 Å². The largest absolute Gasteiger partial charge is 0.491 e. The van der Waals surface area contributed by atoms with Gasteiger partial charge in [-0.2, -0.15) is 0 Å². The Kier molecular flexibility index (Phi) is 7.13. The van der Waals surface area contributed by atoms with E-state index in [9.17, 15) is 13.2 Å².